The minimum absolute atomic E-state index is 0.0163. The van der Waals surface area contributed by atoms with Crippen LogP contribution < -0.4 is 4.74 Å². The summed E-state index contributed by atoms with van der Waals surface area (Å²) in [6, 6.07) is 3.72. The third-order valence-electron chi connectivity index (χ3n) is 3.87. The number of fused-ring (bicyclic) bond motifs is 1. The number of amides is 1. The highest BCUT2D eigenvalue weighted by molar-refractivity contribution is 9.10. The molecule has 1 unspecified atom stereocenters. The lowest BCUT2D eigenvalue weighted by atomic mass is 10.1. The van der Waals surface area contributed by atoms with Gasteiger partial charge in [-0.05, 0) is 30.2 Å². The first-order valence-electron chi connectivity index (χ1n) is 6.73. The first-order valence-corrected chi connectivity index (χ1v) is 7.53. The summed E-state index contributed by atoms with van der Waals surface area (Å²) < 4.78 is 6.14. The van der Waals surface area contributed by atoms with Gasteiger partial charge in [-0.3, -0.25) is 9.59 Å². The molecule has 2 rings (SSSR count). The Balaban J connectivity index is 2.22. The van der Waals surface area contributed by atoms with E-state index >= 15 is 0 Å². The van der Waals surface area contributed by atoms with Crippen molar-refractivity contribution in [2.24, 2.45) is 5.92 Å². The van der Waals surface area contributed by atoms with Gasteiger partial charge in [-0.15, -0.1) is 0 Å². The Morgan fingerprint density at radius 1 is 1.52 bits per heavy atom. The molecule has 0 radical (unpaired) electrons. The fourth-order valence-electron chi connectivity index (χ4n) is 2.61. The van der Waals surface area contributed by atoms with Crippen LogP contribution in [0.15, 0.2) is 16.6 Å². The molecule has 0 bridgehead atoms. The van der Waals surface area contributed by atoms with Crippen molar-refractivity contribution in [1.29, 1.82) is 0 Å². The van der Waals surface area contributed by atoms with E-state index in [9.17, 15) is 9.59 Å². The predicted molar refractivity (Wildman–Crippen MR) is 81.1 cm³/mol. The normalized spacial score (nSPS) is 18.3. The van der Waals surface area contributed by atoms with Crippen molar-refractivity contribution in [3.05, 3.63) is 27.7 Å². The number of ether oxygens (including phenoxy) is 1. The summed E-state index contributed by atoms with van der Waals surface area (Å²) in [5.74, 6) is -1.03. The van der Waals surface area contributed by atoms with Crippen LogP contribution in [0.4, 0.5) is 0 Å². The van der Waals surface area contributed by atoms with Gasteiger partial charge in [0.1, 0.15) is 5.75 Å². The van der Waals surface area contributed by atoms with Crippen LogP contribution in [-0.2, 0) is 16.1 Å². The lowest BCUT2D eigenvalue weighted by molar-refractivity contribution is -0.145. The van der Waals surface area contributed by atoms with E-state index in [1.165, 1.54) is 0 Å². The van der Waals surface area contributed by atoms with Gasteiger partial charge >= 0.3 is 5.97 Å². The molecule has 0 fully saturated rings. The van der Waals surface area contributed by atoms with E-state index in [1.807, 2.05) is 19.1 Å². The van der Waals surface area contributed by atoms with Crippen LogP contribution in [-0.4, -0.2) is 29.0 Å². The van der Waals surface area contributed by atoms with Crippen molar-refractivity contribution in [3.8, 4) is 5.75 Å². The summed E-state index contributed by atoms with van der Waals surface area (Å²) in [5, 5.41) is 8.93. The van der Waals surface area contributed by atoms with E-state index in [0.29, 0.717) is 6.54 Å². The molecule has 21 heavy (non-hydrogen) atoms. The van der Waals surface area contributed by atoms with Crippen molar-refractivity contribution in [1.82, 2.24) is 4.90 Å². The van der Waals surface area contributed by atoms with Crippen LogP contribution in [0.25, 0.3) is 0 Å². The van der Waals surface area contributed by atoms with Gasteiger partial charge in [0.15, 0.2) is 0 Å². The highest BCUT2D eigenvalue weighted by Gasteiger charge is 2.33. The number of carbonyl (C=O) groups is 2. The molecule has 1 aliphatic heterocycles. The molecule has 114 valence electrons. The first-order chi connectivity index (χ1) is 9.85. The molecule has 0 spiro atoms. The Labute approximate surface area is 132 Å². The average Bonchev–Trinajstić information content (AvgIpc) is 2.76. The SMILES string of the molecule is COc1cc(Br)c2c(c1)CN(C(=O)C[C@H](C)C(=O)O)C2C. The Kier molecular flexibility index (Phi) is 4.56. The highest BCUT2D eigenvalue weighted by Crippen LogP contribution is 2.41. The first kappa shape index (κ1) is 15.8. The molecule has 1 N–H and O–H groups in total. The maximum Gasteiger partial charge on any atom is 0.306 e. The topological polar surface area (TPSA) is 66.8 Å². The molecule has 1 aromatic carbocycles. The number of methoxy groups -OCH3 is 1. The smallest absolute Gasteiger partial charge is 0.306 e. The maximum absolute atomic E-state index is 12.3. The Morgan fingerprint density at radius 2 is 2.19 bits per heavy atom. The van der Waals surface area contributed by atoms with Crippen molar-refractivity contribution < 1.29 is 19.4 Å². The molecule has 1 aromatic rings. The van der Waals surface area contributed by atoms with E-state index in [4.69, 9.17) is 9.84 Å². The summed E-state index contributed by atoms with van der Waals surface area (Å²) in [4.78, 5) is 24.9. The number of nitrogens with zero attached hydrogens (tertiary/aromatic N) is 1. The number of benzene rings is 1. The van der Waals surface area contributed by atoms with Gasteiger partial charge in [-0.1, -0.05) is 22.9 Å². The summed E-state index contributed by atoms with van der Waals surface area (Å²) in [6.45, 7) is 3.98. The lowest BCUT2D eigenvalue weighted by Crippen LogP contribution is -2.30. The Morgan fingerprint density at radius 3 is 2.76 bits per heavy atom. The maximum atomic E-state index is 12.3. The van der Waals surface area contributed by atoms with Crippen LogP contribution in [0.1, 0.15) is 37.4 Å². The number of hydrogen-bond acceptors (Lipinski definition) is 3. The van der Waals surface area contributed by atoms with Gasteiger partial charge < -0.3 is 14.7 Å². The number of hydrogen-bond donors (Lipinski definition) is 1. The second kappa shape index (κ2) is 6.05. The van der Waals surface area contributed by atoms with Crippen molar-refractivity contribution in [2.75, 3.05) is 7.11 Å². The molecule has 2 atom stereocenters. The van der Waals surface area contributed by atoms with Crippen LogP contribution in [0.3, 0.4) is 0 Å². The van der Waals surface area contributed by atoms with E-state index < -0.39 is 11.9 Å². The fraction of sp³-hybridized carbons (Fsp3) is 0.467. The average molecular weight is 356 g/mol. The van der Waals surface area contributed by atoms with Crippen LogP contribution in [0.2, 0.25) is 0 Å². The molecule has 0 saturated heterocycles. The minimum atomic E-state index is -0.949. The third-order valence-corrected chi connectivity index (χ3v) is 4.53. The van der Waals surface area contributed by atoms with Gasteiger partial charge in [0.25, 0.3) is 0 Å². The molecule has 1 amide bonds. The standard InChI is InChI=1S/C15H18BrNO4/c1-8(15(19)20)4-13(18)17-7-10-5-11(21-3)6-12(16)14(10)9(17)2/h5-6,8-9H,4,7H2,1-3H3,(H,19,20)/t8-,9?/m0/s1. The fourth-order valence-corrected chi connectivity index (χ4v) is 3.42. The van der Waals surface area contributed by atoms with Gasteiger partial charge in [0.05, 0.1) is 19.1 Å². The second-order valence-electron chi connectivity index (χ2n) is 5.32. The molecule has 0 saturated carbocycles. The summed E-state index contributed by atoms with van der Waals surface area (Å²) in [7, 11) is 1.60. The zero-order valence-electron chi connectivity index (χ0n) is 12.2. The van der Waals surface area contributed by atoms with Gasteiger partial charge in [0, 0.05) is 17.4 Å². The van der Waals surface area contributed by atoms with Crippen LogP contribution >= 0.6 is 15.9 Å². The zero-order valence-corrected chi connectivity index (χ0v) is 13.8. The number of carboxylic acid groups (broad SMARTS) is 1. The predicted octanol–water partition coefficient (Wildman–Crippen LogP) is 2.97. The Hall–Kier alpha value is -1.56. The van der Waals surface area contributed by atoms with E-state index in [0.717, 1.165) is 21.3 Å². The number of carbonyl (C=O) groups excluding carboxylic acids is 1. The van der Waals surface area contributed by atoms with E-state index in [2.05, 4.69) is 15.9 Å². The van der Waals surface area contributed by atoms with Crippen LogP contribution in [0.5, 0.6) is 5.75 Å². The van der Waals surface area contributed by atoms with Crippen molar-refractivity contribution >= 4 is 27.8 Å². The van der Waals surface area contributed by atoms with E-state index in [1.54, 1.807) is 18.9 Å². The third kappa shape index (κ3) is 3.05. The largest absolute Gasteiger partial charge is 0.497 e. The molecule has 5 nitrogen and oxygen atoms in total. The summed E-state index contributed by atoms with van der Waals surface area (Å²) >= 11 is 3.52. The lowest BCUT2D eigenvalue weighted by Gasteiger charge is -2.23. The van der Waals surface area contributed by atoms with E-state index in [-0.39, 0.29) is 18.4 Å². The van der Waals surface area contributed by atoms with Gasteiger partial charge in [-0.2, -0.15) is 0 Å². The van der Waals surface area contributed by atoms with Crippen LogP contribution in [0, 0.1) is 5.92 Å². The monoisotopic (exact) mass is 355 g/mol. The Bertz CT molecular complexity index is 587. The summed E-state index contributed by atoms with van der Waals surface area (Å²) in [6.07, 6.45) is 0.0163. The summed E-state index contributed by atoms with van der Waals surface area (Å²) in [5.41, 5.74) is 2.09. The molecule has 0 aliphatic carbocycles. The number of rotatable bonds is 4. The number of halogens is 1. The van der Waals surface area contributed by atoms with Gasteiger partial charge in [0.2, 0.25) is 5.91 Å². The molecular formula is C15H18BrNO4. The molecule has 0 aromatic heterocycles. The van der Waals surface area contributed by atoms with Crippen molar-refractivity contribution in [3.63, 3.8) is 0 Å². The minimum Gasteiger partial charge on any atom is -0.497 e. The molecule has 6 heteroatoms. The van der Waals surface area contributed by atoms with Gasteiger partial charge in [-0.25, -0.2) is 0 Å². The quantitative estimate of drug-likeness (QED) is 0.901. The highest BCUT2D eigenvalue weighted by atomic mass is 79.9. The molecular weight excluding hydrogens is 338 g/mol. The second-order valence-corrected chi connectivity index (χ2v) is 6.18. The van der Waals surface area contributed by atoms with Crippen molar-refractivity contribution in [2.45, 2.75) is 32.9 Å². The molecule has 1 heterocycles. The zero-order chi connectivity index (χ0) is 15.7. The molecule has 1 aliphatic rings. The number of aliphatic carboxylic acids is 1. The number of carboxylic acids is 1.